The third kappa shape index (κ3) is 4.68. The van der Waals surface area contributed by atoms with Gasteiger partial charge in [0.25, 0.3) is 5.91 Å². The number of amides is 1. The fraction of sp³-hybridized carbons (Fsp3) is 0.500. The van der Waals surface area contributed by atoms with Crippen molar-refractivity contribution in [1.82, 2.24) is 4.90 Å². The first kappa shape index (κ1) is 26.6. The molecular formula is C30H36BN3O4. The number of carbonyl (C=O) groups is 1. The second-order valence-corrected chi connectivity index (χ2v) is 11.6. The molecule has 0 aliphatic carbocycles. The number of amidine groups is 1. The van der Waals surface area contributed by atoms with Crippen LogP contribution in [0.3, 0.4) is 0 Å². The van der Waals surface area contributed by atoms with Crippen molar-refractivity contribution in [1.29, 1.82) is 5.26 Å². The number of unbranched alkanes of at least 4 members (excludes halogenated alkanes) is 1. The molecule has 38 heavy (non-hydrogen) atoms. The topological polar surface area (TPSA) is 84.2 Å². The second-order valence-electron chi connectivity index (χ2n) is 11.6. The van der Waals surface area contributed by atoms with Crippen LogP contribution >= 0.6 is 0 Å². The zero-order chi connectivity index (χ0) is 27.1. The first-order chi connectivity index (χ1) is 18.1. The largest absolute Gasteiger partial charge is 0.494 e. The van der Waals surface area contributed by atoms with E-state index in [4.69, 9.17) is 19.0 Å². The Labute approximate surface area is 225 Å². The summed E-state index contributed by atoms with van der Waals surface area (Å²) in [6.07, 6.45) is 3.48. The van der Waals surface area contributed by atoms with Gasteiger partial charge < -0.3 is 14.0 Å². The monoisotopic (exact) mass is 513 g/mol. The zero-order valence-corrected chi connectivity index (χ0v) is 23.0. The van der Waals surface area contributed by atoms with Gasteiger partial charge >= 0.3 is 7.12 Å². The molecule has 0 N–H and O–H groups in total. The molecule has 2 fully saturated rings. The summed E-state index contributed by atoms with van der Waals surface area (Å²) < 4.78 is 18.0. The molecule has 198 valence electrons. The van der Waals surface area contributed by atoms with E-state index in [-0.39, 0.29) is 5.91 Å². The molecule has 2 aromatic rings. The average molecular weight is 513 g/mol. The summed E-state index contributed by atoms with van der Waals surface area (Å²) in [6.45, 7) is 11.7. The van der Waals surface area contributed by atoms with Crippen molar-refractivity contribution in [2.75, 3.05) is 13.2 Å². The van der Waals surface area contributed by atoms with Gasteiger partial charge in [-0.3, -0.25) is 14.7 Å². The third-order valence-corrected chi connectivity index (χ3v) is 8.35. The molecule has 0 aromatic heterocycles. The van der Waals surface area contributed by atoms with Gasteiger partial charge in [-0.05, 0) is 62.3 Å². The molecule has 0 radical (unpaired) electrons. The van der Waals surface area contributed by atoms with Crippen LogP contribution in [0.25, 0.3) is 11.1 Å². The lowest BCUT2D eigenvalue weighted by atomic mass is 9.77. The summed E-state index contributed by atoms with van der Waals surface area (Å²) in [5.41, 5.74) is 2.62. The van der Waals surface area contributed by atoms with Crippen LogP contribution in [0, 0.1) is 11.3 Å². The Bertz CT molecular complexity index is 1270. The molecule has 1 atom stereocenters. The van der Waals surface area contributed by atoms with Gasteiger partial charge in [0.05, 0.1) is 36.0 Å². The second kappa shape index (κ2) is 9.96. The Morgan fingerprint density at radius 1 is 1.08 bits per heavy atom. The molecule has 7 nitrogen and oxygen atoms in total. The van der Waals surface area contributed by atoms with E-state index < -0.39 is 23.9 Å². The SMILES string of the molecule is CCCCC1=NC2(CCOC2)C(=O)N1Cc1ccc(-c2cc(B3OC(C)(C)C(C)(C)O3)ccc2C#N)cc1. The third-order valence-electron chi connectivity index (χ3n) is 8.35. The first-order valence-electron chi connectivity index (χ1n) is 13.6. The van der Waals surface area contributed by atoms with Crippen molar-refractivity contribution in [2.45, 2.75) is 83.6 Å². The lowest BCUT2D eigenvalue weighted by Gasteiger charge is -2.32. The van der Waals surface area contributed by atoms with E-state index in [0.717, 1.165) is 47.3 Å². The van der Waals surface area contributed by atoms with E-state index in [2.05, 4.69) is 13.0 Å². The molecule has 5 rings (SSSR count). The first-order valence-corrected chi connectivity index (χ1v) is 13.6. The van der Waals surface area contributed by atoms with E-state index in [1.54, 1.807) is 0 Å². The van der Waals surface area contributed by atoms with E-state index in [1.165, 1.54) is 0 Å². The Balaban J connectivity index is 1.38. The summed E-state index contributed by atoms with van der Waals surface area (Å²) >= 11 is 0. The Morgan fingerprint density at radius 3 is 2.39 bits per heavy atom. The van der Waals surface area contributed by atoms with E-state index >= 15 is 0 Å². The van der Waals surface area contributed by atoms with Gasteiger partial charge in [0, 0.05) is 19.4 Å². The Morgan fingerprint density at radius 2 is 1.79 bits per heavy atom. The van der Waals surface area contributed by atoms with Gasteiger partial charge in [0.1, 0.15) is 5.84 Å². The van der Waals surface area contributed by atoms with Crippen LogP contribution in [0.2, 0.25) is 0 Å². The quantitative estimate of drug-likeness (QED) is 0.505. The summed E-state index contributed by atoms with van der Waals surface area (Å²) in [6, 6.07) is 16.1. The van der Waals surface area contributed by atoms with Gasteiger partial charge in [-0.25, -0.2) is 0 Å². The number of rotatable bonds is 7. The Kier molecular flexibility index (Phi) is 6.98. The van der Waals surface area contributed by atoms with E-state index in [0.29, 0.717) is 31.7 Å². The normalized spacial score (nSPS) is 23.8. The lowest BCUT2D eigenvalue weighted by Crippen LogP contribution is -2.42. The summed E-state index contributed by atoms with van der Waals surface area (Å²) in [4.78, 5) is 20.1. The number of ether oxygens (including phenoxy) is 1. The molecular weight excluding hydrogens is 477 g/mol. The van der Waals surface area contributed by atoms with Crippen molar-refractivity contribution in [3.63, 3.8) is 0 Å². The van der Waals surface area contributed by atoms with Crippen molar-refractivity contribution in [3.8, 4) is 17.2 Å². The van der Waals surface area contributed by atoms with Crippen LogP contribution in [-0.4, -0.2) is 53.7 Å². The van der Waals surface area contributed by atoms with E-state index in [9.17, 15) is 10.1 Å². The van der Waals surface area contributed by atoms with Crippen LogP contribution in [0.15, 0.2) is 47.5 Å². The number of hydrogen-bond donors (Lipinski definition) is 0. The lowest BCUT2D eigenvalue weighted by molar-refractivity contribution is -0.131. The molecule has 0 saturated carbocycles. The number of nitrogens with zero attached hydrogens (tertiary/aromatic N) is 3. The molecule has 0 bridgehead atoms. The van der Waals surface area contributed by atoms with E-state index in [1.807, 2.05) is 75.1 Å². The predicted molar refractivity (Wildman–Crippen MR) is 148 cm³/mol. The van der Waals surface area contributed by atoms with Crippen LogP contribution in [0.1, 0.15) is 71.4 Å². The molecule has 3 aliphatic rings. The molecule has 3 heterocycles. The summed E-state index contributed by atoms with van der Waals surface area (Å²) in [5.74, 6) is 0.917. The van der Waals surface area contributed by atoms with Crippen molar-refractivity contribution in [3.05, 3.63) is 53.6 Å². The molecule has 1 amide bonds. The van der Waals surface area contributed by atoms with Crippen LogP contribution in [-0.2, 0) is 25.4 Å². The number of hydrogen-bond acceptors (Lipinski definition) is 6. The standard InChI is InChI=1S/C30H36BN3O4/c1-6-7-8-26-33-30(15-16-36-20-30)27(35)34(26)19-21-9-11-22(12-10-21)25-17-24(14-13-23(25)18-32)31-37-28(2,3)29(4,5)38-31/h9-14,17H,6-8,15-16,19-20H2,1-5H3. The van der Waals surface area contributed by atoms with Crippen LogP contribution in [0.4, 0.5) is 0 Å². The number of aliphatic imine (C=N–C) groups is 1. The minimum Gasteiger partial charge on any atom is -0.399 e. The highest BCUT2D eigenvalue weighted by atomic mass is 16.7. The zero-order valence-electron chi connectivity index (χ0n) is 23.0. The number of benzene rings is 2. The highest BCUT2D eigenvalue weighted by Gasteiger charge is 2.52. The Hall–Kier alpha value is -2.99. The highest BCUT2D eigenvalue weighted by molar-refractivity contribution is 6.62. The molecule has 1 unspecified atom stereocenters. The molecule has 8 heteroatoms. The minimum atomic E-state index is -0.737. The van der Waals surface area contributed by atoms with Crippen molar-refractivity contribution in [2.24, 2.45) is 4.99 Å². The smallest absolute Gasteiger partial charge is 0.399 e. The van der Waals surface area contributed by atoms with Gasteiger partial charge in [-0.1, -0.05) is 49.7 Å². The molecule has 2 aromatic carbocycles. The molecule has 1 spiro atoms. The summed E-state index contributed by atoms with van der Waals surface area (Å²) in [7, 11) is -0.500. The number of carbonyl (C=O) groups excluding carboxylic acids is 1. The fourth-order valence-electron chi connectivity index (χ4n) is 5.22. The van der Waals surface area contributed by atoms with Crippen LogP contribution in [0.5, 0.6) is 0 Å². The minimum absolute atomic E-state index is 0.0482. The van der Waals surface area contributed by atoms with Gasteiger partial charge in [0.15, 0.2) is 5.54 Å². The maximum absolute atomic E-state index is 13.4. The highest BCUT2D eigenvalue weighted by Crippen LogP contribution is 2.37. The van der Waals surface area contributed by atoms with Gasteiger partial charge in [-0.15, -0.1) is 0 Å². The maximum Gasteiger partial charge on any atom is 0.494 e. The van der Waals surface area contributed by atoms with Crippen molar-refractivity contribution < 1.29 is 18.8 Å². The van der Waals surface area contributed by atoms with Gasteiger partial charge in [0.2, 0.25) is 0 Å². The van der Waals surface area contributed by atoms with Crippen LogP contribution < -0.4 is 5.46 Å². The van der Waals surface area contributed by atoms with Crippen molar-refractivity contribution >= 4 is 24.3 Å². The predicted octanol–water partition coefficient (Wildman–Crippen LogP) is 4.61. The number of nitriles is 1. The van der Waals surface area contributed by atoms with Gasteiger partial charge in [-0.2, -0.15) is 5.26 Å². The fourth-order valence-corrected chi connectivity index (χ4v) is 5.22. The average Bonchev–Trinajstić information content (AvgIpc) is 3.53. The summed E-state index contributed by atoms with van der Waals surface area (Å²) in [5, 5.41) is 9.80. The molecule has 3 aliphatic heterocycles. The maximum atomic E-state index is 13.4. The molecule has 2 saturated heterocycles.